The molecule has 2 heterocycles. The standard InChI is InChI=1S/C21H15NO4S/c1-25-15-7-4-13(5-8-15)18-12-17(23)16-9-6-14(11-19(16)26-18)22-21(24)20-3-2-10-27-20/h2-12H,1H3,(H,22,24). The zero-order valence-corrected chi connectivity index (χ0v) is 15.2. The molecule has 6 heteroatoms. The van der Waals surface area contributed by atoms with E-state index in [2.05, 4.69) is 5.32 Å². The van der Waals surface area contributed by atoms with Gasteiger partial charge >= 0.3 is 0 Å². The van der Waals surface area contributed by atoms with Crippen LogP contribution in [0.5, 0.6) is 5.75 Å². The van der Waals surface area contributed by atoms with E-state index in [1.165, 1.54) is 17.4 Å². The third-order valence-electron chi connectivity index (χ3n) is 4.11. The zero-order chi connectivity index (χ0) is 18.8. The second kappa shape index (κ2) is 7.09. The Bertz CT molecular complexity index is 1160. The molecule has 4 rings (SSSR count). The van der Waals surface area contributed by atoms with Gasteiger partial charge in [-0.3, -0.25) is 9.59 Å². The number of thiophene rings is 1. The van der Waals surface area contributed by atoms with Crippen LogP contribution in [0, 0.1) is 0 Å². The van der Waals surface area contributed by atoms with Gasteiger partial charge in [-0.2, -0.15) is 0 Å². The molecule has 0 saturated carbocycles. The molecule has 0 unspecified atom stereocenters. The first kappa shape index (κ1) is 17.1. The first-order valence-corrected chi connectivity index (χ1v) is 9.09. The van der Waals surface area contributed by atoms with Crippen molar-refractivity contribution < 1.29 is 13.9 Å². The molecule has 0 bridgehead atoms. The lowest BCUT2D eigenvalue weighted by molar-refractivity contribution is 0.103. The van der Waals surface area contributed by atoms with Gasteiger partial charge in [0.2, 0.25) is 0 Å². The molecular weight excluding hydrogens is 362 g/mol. The monoisotopic (exact) mass is 377 g/mol. The summed E-state index contributed by atoms with van der Waals surface area (Å²) in [6.45, 7) is 0. The van der Waals surface area contributed by atoms with E-state index in [9.17, 15) is 9.59 Å². The maximum Gasteiger partial charge on any atom is 0.265 e. The third kappa shape index (κ3) is 3.47. The second-order valence-corrected chi connectivity index (χ2v) is 6.79. The van der Waals surface area contributed by atoms with Gasteiger partial charge in [0.1, 0.15) is 17.1 Å². The van der Waals surface area contributed by atoms with Crippen molar-refractivity contribution in [2.24, 2.45) is 0 Å². The minimum Gasteiger partial charge on any atom is -0.497 e. The van der Waals surface area contributed by atoms with E-state index >= 15 is 0 Å². The number of benzene rings is 2. The highest BCUT2D eigenvalue weighted by molar-refractivity contribution is 7.12. The molecule has 0 spiro atoms. The van der Waals surface area contributed by atoms with Crippen molar-refractivity contribution in [1.29, 1.82) is 0 Å². The number of rotatable bonds is 4. The molecule has 134 valence electrons. The quantitative estimate of drug-likeness (QED) is 0.556. The van der Waals surface area contributed by atoms with Gasteiger partial charge in [0.25, 0.3) is 5.91 Å². The molecule has 27 heavy (non-hydrogen) atoms. The van der Waals surface area contributed by atoms with Crippen LogP contribution in [0.1, 0.15) is 9.67 Å². The minimum atomic E-state index is -0.196. The fourth-order valence-corrected chi connectivity index (χ4v) is 3.35. The Morgan fingerprint density at radius 3 is 2.59 bits per heavy atom. The smallest absolute Gasteiger partial charge is 0.265 e. The molecule has 0 fully saturated rings. The van der Waals surface area contributed by atoms with E-state index in [0.29, 0.717) is 27.3 Å². The van der Waals surface area contributed by atoms with Crippen molar-refractivity contribution in [3.8, 4) is 17.1 Å². The first-order chi connectivity index (χ1) is 13.1. The van der Waals surface area contributed by atoms with E-state index in [-0.39, 0.29) is 11.3 Å². The van der Waals surface area contributed by atoms with Crippen LogP contribution in [0.4, 0.5) is 5.69 Å². The maximum atomic E-state index is 12.4. The number of hydrogen-bond donors (Lipinski definition) is 1. The van der Waals surface area contributed by atoms with Crippen molar-refractivity contribution >= 4 is 33.9 Å². The molecule has 0 aliphatic heterocycles. The Hall–Kier alpha value is -3.38. The van der Waals surface area contributed by atoms with Crippen LogP contribution in [-0.2, 0) is 0 Å². The van der Waals surface area contributed by atoms with Crippen molar-refractivity contribution in [3.63, 3.8) is 0 Å². The summed E-state index contributed by atoms with van der Waals surface area (Å²) in [7, 11) is 1.59. The van der Waals surface area contributed by atoms with E-state index in [0.717, 1.165) is 11.3 Å². The highest BCUT2D eigenvalue weighted by atomic mass is 32.1. The lowest BCUT2D eigenvalue weighted by Gasteiger charge is -2.07. The molecule has 2 aromatic carbocycles. The van der Waals surface area contributed by atoms with Gasteiger partial charge in [-0.25, -0.2) is 0 Å². The molecule has 4 aromatic rings. The van der Waals surface area contributed by atoms with Crippen molar-refractivity contribution in [1.82, 2.24) is 0 Å². The molecule has 5 nitrogen and oxygen atoms in total. The van der Waals surface area contributed by atoms with Crippen LogP contribution in [-0.4, -0.2) is 13.0 Å². The molecule has 2 aromatic heterocycles. The summed E-state index contributed by atoms with van der Waals surface area (Å²) in [6.07, 6.45) is 0. The number of anilines is 1. The maximum absolute atomic E-state index is 12.4. The van der Waals surface area contributed by atoms with Crippen LogP contribution in [0.3, 0.4) is 0 Å². The minimum absolute atomic E-state index is 0.141. The van der Waals surface area contributed by atoms with E-state index in [4.69, 9.17) is 9.15 Å². The first-order valence-electron chi connectivity index (χ1n) is 8.21. The Morgan fingerprint density at radius 1 is 1.07 bits per heavy atom. The van der Waals surface area contributed by atoms with Crippen molar-refractivity contribution in [2.45, 2.75) is 0 Å². The van der Waals surface area contributed by atoms with Crippen LogP contribution < -0.4 is 15.5 Å². The van der Waals surface area contributed by atoms with Crippen LogP contribution in [0.15, 0.2) is 75.3 Å². The van der Waals surface area contributed by atoms with Crippen LogP contribution in [0.2, 0.25) is 0 Å². The van der Waals surface area contributed by atoms with Gasteiger partial charge in [-0.15, -0.1) is 11.3 Å². The van der Waals surface area contributed by atoms with Gasteiger partial charge in [-0.05, 0) is 47.8 Å². The normalized spacial score (nSPS) is 10.7. The van der Waals surface area contributed by atoms with Crippen LogP contribution in [0.25, 0.3) is 22.3 Å². The number of methoxy groups -OCH3 is 1. The van der Waals surface area contributed by atoms with Gasteiger partial charge < -0.3 is 14.5 Å². The summed E-state index contributed by atoms with van der Waals surface area (Å²) >= 11 is 1.36. The Morgan fingerprint density at radius 2 is 1.89 bits per heavy atom. The average molecular weight is 377 g/mol. The molecule has 1 amide bonds. The van der Waals surface area contributed by atoms with Gasteiger partial charge in [0, 0.05) is 23.4 Å². The van der Waals surface area contributed by atoms with Crippen molar-refractivity contribution in [2.75, 3.05) is 12.4 Å². The Labute approximate surface area is 158 Å². The Balaban J connectivity index is 1.71. The number of carbonyl (C=O) groups is 1. The Kier molecular flexibility index (Phi) is 4.48. The summed E-state index contributed by atoms with van der Waals surface area (Å²) < 4.78 is 11.1. The number of ether oxygens (including phenoxy) is 1. The largest absolute Gasteiger partial charge is 0.497 e. The summed E-state index contributed by atoms with van der Waals surface area (Å²) in [4.78, 5) is 25.3. The molecular formula is C21H15NO4S. The van der Waals surface area contributed by atoms with E-state index in [1.807, 2.05) is 23.6 Å². The molecule has 0 saturated heterocycles. The van der Waals surface area contributed by atoms with Gasteiger partial charge in [0.15, 0.2) is 5.43 Å². The lowest BCUT2D eigenvalue weighted by atomic mass is 10.1. The predicted molar refractivity (Wildman–Crippen MR) is 107 cm³/mol. The zero-order valence-electron chi connectivity index (χ0n) is 14.4. The molecule has 0 aliphatic rings. The molecule has 0 aliphatic carbocycles. The van der Waals surface area contributed by atoms with E-state index in [1.54, 1.807) is 43.5 Å². The molecule has 1 N–H and O–H groups in total. The van der Waals surface area contributed by atoms with E-state index < -0.39 is 0 Å². The van der Waals surface area contributed by atoms with Gasteiger partial charge in [0.05, 0.1) is 17.4 Å². The number of hydrogen-bond acceptors (Lipinski definition) is 5. The van der Waals surface area contributed by atoms with Crippen molar-refractivity contribution in [3.05, 3.63) is 81.1 Å². The highest BCUT2D eigenvalue weighted by Gasteiger charge is 2.11. The summed E-state index contributed by atoms with van der Waals surface area (Å²) in [5, 5.41) is 5.13. The summed E-state index contributed by atoms with van der Waals surface area (Å²) in [5.41, 5.74) is 1.61. The fourth-order valence-electron chi connectivity index (χ4n) is 2.73. The molecule has 0 atom stereocenters. The lowest BCUT2D eigenvalue weighted by Crippen LogP contribution is -2.10. The number of fused-ring (bicyclic) bond motifs is 1. The van der Waals surface area contributed by atoms with Gasteiger partial charge in [-0.1, -0.05) is 6.07 Å². The predicted octanol–water partition coefficient (Wildman–Crippen LogP) is 4.78. The topological polar surface area (TPSA) is 68.5 Å². The number of nitrogens with one attached hydrogen (secondary N) is 1. The summed E-state index contributed by atoms with van der Waals surface area (Å²) in [6, 6.07) is 17.3. The summed E-state index contributed by atoms with van der Waals surface area (Å²) in [5.74, 6) is 0.982. The fraction of sp³-hybridized carbons (Fsp3) is 0.0476. The average Bonchev–Trinajstić information content (AvgIpc) is 3.23. The highest BCUT2D eigenvalue weighted by Crippen LogP contribution is 2.26. The third-order valence-corrected chi connectivity index (χ3v) is 4.98. The SMILES string of the molecule is COc1ccc(-c2cc(=O)c3ccc(NC(=O)c4cccs4)cc3o2)cc1. The van der Waals surface area contributed by atoms with Crippen LogP contribution >= 0.6 is 11.3 Å². The molecule has 0 radical (unpaired) electrons. The second-order valence-electron chi connectivity index (χ2n) is 5.85. The number of amides is 1. The number of carbonyl (C=O) groups excluding carboxylic acids is 1.